The summed E-state index contributed by atoms with van der Waals surface area (Å²) in [7, 11) is -2.44. The van der Waals surface area contributed by atoms with Gasteiger partial charge in [-0.2, -0.15) is 0 Å². The van der Waals surface area contributed by atoms with E-state index in [1.165, 1.54) is 31.4 Å². The first kappa shape index (κ1) is 18.9. The van der Waals surface area contributed by atoms with Crippen LogP contribution in [0.25, 0.3) is 0 Å². The average Bonchev–Trinajstić information content (AvgIpc) is 3.07. The Labute approximate surface area is 142 Å². The van der Waals surface area contributed by atoms with Gasteiger partial charge in [0, 0.05) is 6.54 Å². The molecule has 2 rings (SSSR count). The lowest BCUT2D eigenvalue weighted by atomic mass is 10.0. The van der Waals surface area contributed by atoms with E-state index in [9.17, 15) is 13.2 Å². The van der Waals surface area contributed by atoms with Crippen molar-refractivity contribution in [1.82, 2.24) is 4.72 Å². The number of carbonyl (C=O) groups is 1. The predicted molar refractivity (Wildman–Crippen MR) is 87.2 cm³/mol. The van der Waals surface area contributed by atoms with Crippen molar-refractivity contribution in [2.45, 2.75) is 36.2 Å². The monoisotopic (exact) mass is 357 g/mol. The molecule has 0 atom stereocenters. The Balaban J connectivity index is 2.06. The zero-order valence-electron chi connectivity index (χ0n) is 13.7. The van der Waals surface area contributed by atoms with Crippen molar-refractivity contribution in [1.29, 1.82) is 0 Å². The van der Waals surface area contributed by atoms with Gasteiger partial charge in [-0.3, -0.25) is 0 Å². The number of carbonyl (C=O) groups excluding carboxylic acids is 1. The van der Waals surface area contributed by atoms with Crippen LogP contribution in [0.2, 0.25) is 0 Å². The van der Waals surface area contributed by atoms with Gasteiger partial charge in [-0.15, -0.1) is 0 Å². The van der Waals surface area contributed by atoms with E-state index in [1.54, 1.807) is 0 Å². The van der Waals surface area contributed by atoms with E-state index in [4.69, 9.17) is 9.84 Å². The molecule has 0 radical (unpaired) electrons. The Hall–Kier alpha value is -1.48. The first-order valence-corrected chi connectivity index (χ1v) is 9.34. The lowest BCUT2D eigenvalue weighted by molar-refractivity contribution is -0.0492. The van der Waals surface area contributed by atoms with Gasteiger partial charge in [-0.1, -0.05) is 12.8 Å². The van der Waals surface area contributed by atoms with Crippen molar-refractivity contribution >= 4 is 16.0 Å². The van der Waals surface area contributed by atoms with Gasteiger partial charge in [0.1, 0.15) is 0 Å². The predicted octanol–water partition coefficient (Wildman–Crippen LogP) is 1.07. The Morgan fingerprint density at radius 3 is 2.42 bits per heavy atom. The molecule has 8 heteroatoms. The number of rotatable bonds is 8. The fraction of sp³-hybridized carbons (Fsp3) is 0.562. The number of aliphatic hydroxyl groups excluding tert-OH is 1. The molecule has 0 spiro atoms. The van der Waals surface area contributed by atoms with E-state index in [-0.39, 0.29) is 30.2 Å². The van der Waals surface area contributed by atoms with Crippen molar-refractivity contribution in [3.05, 3.63) is 29.8 Å². The van der Waals surface area contributed by atoms with Crippen LogP contribution in [0.3, 0.4) is 0 Å². The molecule has 0 bridgehead atoms. The molecular formula is C16H23NO6S. The Kier molecular flexibility index (Phi) is 6.34. The molecule has 1 saturated carbocycles. The summed E-state index contributed by atoms with van der Waals surface area (Å²) < 4.78 is 37.7. The second-order valence-corrected chi connectivity index (χ2v) is 7.57. The number of esters is 1. The summed E-state index contributed by atoms with van der Waals surface area (Å²) in [5, 5.41) is 8.94. The third-order valence-corrected chi connectivity index (χ3v) is 5.60. The third-order valence-electron chi connectivity index (χ3n) is 4.18. The molecule has 24 heavy (non-hydrogen) atoms. The Bertz CT molecular complexity index is 650. The zero-order chi connectivity index (χ0) is 17.6. The Morgan fingerprint density at radius 1 is 1.25 bits per heavy atom. The highest BCUT2D eigenvalue weighted by Gasteiger charge is 2.36. The van der Waals surface area contributed by atoms with E-state index in [0.717, 1.165) is 25.7 Å². The fourth-order valence-corrected chi connectivity index (χ4v) is 3.97. The summed E-state index contributed by atoms with van der Waals surface area (Å²) in [4.78, 5) is 11.5. The van der Waals surface area contributed by atoms with Gasteiger partial charge in [0.2, 0.25) is 10.0 Å². The summed E-state index contributed by atoms with van der Waals surface area (Å²) in [6.45, 7) is 0.257. The maximum atomic E-state index is 12.4. The molecule has 1 aromatic carbocycles. The van der Waals surface area contributed by atoms with Crippen LogP contribution in [0.15, 0.2) is 29.2 Å². The normalized spacial score (nSPS) is 16.9. The number of sulfonamides is 1. The van der Waals surface area contributed by atoms with Gasteiger partial charge in [0.25, 0.3) is 0 Å². The maximum absolute atomic E-state index is 12.4. The smallest absolute Gasteiger partial charge is 0.337 e. The molecular weight excluding hydrogens is 334 g/mol. The van der Waals surface area contributed by atoms with Crippen LogP contribution in [0.5, 0.6) is 0 Å². The molecule has 0 aliphatic heterocycles. The highest BCUT2D eigenvalue weighted by atomic mass is 32.2. The summed E-state index contributed by atoms with van der Waals surface area (Å²) in [6, 6.07) is 5.55. The van der Waals surface area contributed by atoms with E-state index in [1.807, 2.05) is 0 Å². The highest BCUT2D eigenvalue weighted by molar-refractivity contribution is 7.89. The third kappa shape index (κ3) is 4.54. The van der Waals surface area contributed by atoms with Gasteiger partial charge in [0.15, 0.2) is 0 Å². The van der Waals surface area contributed by atoms with Crippen molar-refractivity contribution in [3.63, 3.8) is 0 Å². The van der Waals surface area contributed by atoms with Crippen LogP contribution in [-0.2, 0) is 19.5 Å². The summed E-state index contributed by atoms with van der Waals surface area (Å²) in [5.41, 5.74) is -0.267. The molecule has 0 unspecified atom stereocenters. The standard InChI is InChI=1S/C16H23NO6S/c1-22-15(19)13-4-6-14(7-5-13)24(20,21)17-12-16(23-11-10-18)8-2-3-9-16/h4-7,17-18H,2-3,8-12H2,1H3. The van der Waals surface area contributed by atoms with Gasteiger partial charge >= 0.3 is 5.97 Å². The van der Waals surface area contributed by atoms with Gasteiger partial charge in [0.05, 0.1) is 36.4 Å². The number of aliphatic hydroxyl groups is 1. The molecule has 1 fully saturated rings. The lowest BCUT2D eigenvalue weighted by Crippen LogP contribution is -2.43. The number of nitrogens with one attached hydrogen (secondary N) is 1. The van der Waals surface area contributed by atoms with Gasteiger partial charge in [-0.05, 0) is 37.1 Å². The largest absolute Gasteiger partial charge is 0.465 e. The molecule has 0 aromatic heterocycles. The number of benzene rings is 1. The summed E-state index contributed by atoms with van der Waals surface area (Å²) >= 11 is 0. The first-order chi connectivity index (χ1) is 11.4. The van der Waals surface area contributed by atoms with Crippen LogP contribution in [0.4, 0.5) is 0 Å². The van der Waals surface area contributed by atoms with Crippen LogP contribution in [-0.4, -0.2) is 52.0 Å². The topological polar surface area (TPSA) is 102 Å². The molecule has 1 aromatic rings. The van der Waals surface area contributed by atoms with E-state index in [2.05, 4.69) is 9.46 Å². The SMILES string of the molecule is COC(=O)c1ccc(S(=O)(=O)NCC2(OCCO)CCCC2)cc1. The summed E-state index contributed by atoms with van der Waals surface area (Å²) in [5.74, 6) is -0.519. The number of hydrogen-bond acceptors (Lipinski definition) is 6. The van der Waals surface area contributed by atoms with Crippen molar-refractivity contribution in [2.24, 2.45) is 0 Å². The maximum Gasteiger partial charge on any atom is 0.337 e. The van der Waals surface area contributed by atoms with E-state index >= 15 is 0 Å². The second-order valence-electron chi connectivity index (χ2n) is 5.80. The second kappa shape index (κ2) is 8.06. The van der Waals surface area contributed by atoms with Crippen LogP contribution in [0.1, 0.15) is 36.0 Å². The van der Waals surface area contributed by atoms with Crippen molar-refractivity contribution in [2.75, 3.05) is 26.9 Å². The van der Waals surface area contributed by atoms with Crippen molar-refractivity contribution in [3.8, 4) is 0 Å². The zero-order valence-corrected chi connectivity index (χ0v) is 14.5. The highest BCUT2D eigenvalue weighted by Crippen LogP contribution is 2.33. The minimum Gasteiger partial charge on any atom is -0.465 e. The Morgan fingerprint density at radius 2 is 1.88 bits per heavy atom. The van der Waals surface area contributed by atoms with Crippen LogP contribution in [0, 0.1) is 0 Å². The molecule has 0 amide bonds. The van der Waals surface area contributed by atoms with Crippen LogP contribution < -0.4 is 4.72 Å². The molecule has 134 valence electrons. The minimum absolute atomic E-state index is 0.0745. The fourth-order valence-electron chi connectivity index (χ4n) is 2.85. The quantitative estimate of drug-likeness (QED) is 0.675. The number of ether oxygens (including phenoxy) is 2. The van der Waals surface area contributed by atoms with Crippen molar-refractivity contribution < 1.29 is 27.8 Å². The minimum atomic E-state index is -3.70. The molecule has 1 aliphatic carbocycles. The molecule has 0 heterocycles. The molecule has 0 saturated heterocycles. The number of hydrogen-bond donors (Lipinski definition) is 2. The van der Waals surface area contributed by atoms with E-state index in [0.29, 0.717) is 0 Å². The number of methoxy groups -OCH3 is 1. The molecule has 7 nitrogen and oxygen atoms in total. The average molecular weight is 357 g/mol. The first-order valence-electron chi connectivity index (χ1n) is 7.85. The summed E-state index contributed by atoms with van der Waals surface area (Å²) in [6.07, 6.45) is 3.47. The lowest BCUT2D eigenvalue weighted by Gasteiger charge is -2.29. The van der Waals surface area contributed by atoms with Gasteiger partial charge < -0.3 is 14.6 Å². The van der Waals surface area contributed by atoms with Gasteiger partial charge in [-0.25, -0.2) is 17.9 Å². The van der Waals surface area contributed by atoms with Crippen LogP contribution >= 0.6 is 0 Å². The molecule has 1 aliphatic rings. The molecule has 2 N–H and O–H groups in total. The van der Waals surface area contributed by atoms with E-state index < -0.39 is 21.6 Å².